The maximum atomic E-state index is 9.01. The fourth-order valence-corrected chi connectivity index (χ4v) is 3.96. The van der Waals surface area contributed by atoms with Crippen LogP contribution in [0.2, 0.25) is 0 Å². The fourth-order valence-electron chi connectivity index (χ4n) is 3.96. The molecule has 0 saturated heterocycles. The first-order chi connectivity index (χ1) is 15.8. The fraction of sp³-hybridized carbons (Fsp3) is 0.100. The lowest BCUT2D eigenvalue weighted by molar-refractivity contribution is 0.669. The van der Waals surface area contributed by atoms with E-state index in [4.69, 9.17) is 9.68 Å². The molecule has 5 rings (SSSR count). The number of hydrogen-bond acceptors (Lipinski definition) is 2. The Labute approximate surface area is 188 Å². The quantitative estimate of drug-likeness (QED) is 0.218. The highest BCUT2D eigenvalue weighted by molar-refractivity contribution is 6.19. The van der Waals surface area contributed by atoms with Crippen molar-refractivity contribution in [2.24, 2.45) is 0 Å². The van der Waals surface area contributed by atoms with Crippen LogP contribution in [0.1, 0.15) is 19.4 Å². The average Bonchev–Trinajstić information content (AvgIpc) is 3.25. The molecule has 2 heteroatoms. The summed E-state index contributed by atoms with van der Waals surface area (Å²) < 4.78 is 6.11. The monoisotopic (exact) mass is 415 g/mol. The van der Waals surface area contributed by atoms with E-state index in [9.17, 15) is 0 Å². The second-order valence-electron chi connectivity index (χ2n) is 7.35. The van der Waals surface area contributed by atoms with Gasteiger partial charge in [0.05, 0.1) is 6.07 Å². The minimum absolute atomic E-state index is 0.601. The van der Waals surface area contributed by atoms with E-state index >= 15 is 0 Å². The molecule has 0 N–H and O–H groups in total. The van der Waals surface area contributed by atoms with E-state index in [0.717, 1.165) is 33.2 Å². The molecule has 0 saturated carbocycles. The van der Waals surface area contributed by atoms with Crippen LogP contribution in [0.25, 0.3) is 43.8 Å². The summed E-state index contributed by atoms with van der Waals surface area (Å²) in [6, 6.07) is 29.6. The number of hydrogen-bond donors (Lipinski definition) is 0. The summed E-state index contributed by atoms with van der Waals surface area (Å²) in [5.74, 6) is 0. The van der Waals surface area contributed by atoms with Crippen molar-refractivity contribution >= 4 is 32.7 Å². The minimum Gasteiger partial charge on any atom is -0.456 e. The third kappa shape index (κ3) is 3.94. The van der Waals surface area contributed by atoms with Crippen LogP contribution in [-0.2, 0) is 6.42 Å². The number of allylic oxidation sites excluding steroid dienone is 3. The molecule has 156 valence electrons. The summed E-state index contributed by atoms with van der Waals surface area (Å²) in [6.45, 7) is 7.66. The summed E-state index contributed by atoms with van der Waals surface area (Å²) in [6.07, 6.45) is 4.20. The Morgan fingerprint density at radius 1 is 0.875 bits per heavy atom. The SMILES string of the molecule is C=C/C(C#N)=C\Cc1ccc(-c2ccc3oc4ccc5ccccc5c4c3c2)cc1.CC. The van der Waals surface area contributed by atoms with Gasteiger partial charge in [0.25, 0.3) is 0 Å². The number of rotatable bonds is 4. The van der Waals surface area contributed by atoms with E-state index in [2.05, 4.69) is 91.5 Å². The lowest BCUT2D eigenvalue weighted by Crippen LogP contribution is -1.84. The van der Waals surface area contributed by atoms with Gasteiger partial charge in [-0.1, -0.05) is 93.2 Å². The number of furan rings is 1. The van der Waals surface area contributed by atoms with E-state index in [0.29, 0.717) is 12.0 Å². The van der Waals surface area contributed by atoms with Crippen molar-refractivity contribution in [3.8, 4) is 17.2 Å². The summed E-state index contributed by atoms with van der Waals surface area (Å²) in [5, 5.41) is 13.7. The lowest BCUT2D eigenvalue weighted by atomic mass is 9.99. The van der Waals surface area contributed by atoms with Crippen molar-refractivity contribution in [1.29, 1.82) is 5.26 Å². The highest BCUT2D eigenvalue weighted by Crippen LogP contribution is 2.36. The summed E-state index contributed by atoms with van der Waals surface area (Å²) in [7, 11) is 0. The summed E-state index contributed by atoms with van der Waals surface area (Å²) >= 11 is 0. The van der Waals surface area contributed by atoms with Crippen LogP contribution in [0, 0.1) is 11.3 Å². The first-order valence-electron chi connectivity index (χ1n) is 10.9. The van der Waals surface area contributed by atoms with Crippen LogP contribution in [0.5, 0.6) is 0 Å². The molecule has 2 nitrogen and oxygen atoms in total. The molecule has 0 spiro atoms. The van der Waals surface area contributed by atoms with Gasteiger partial charge in [0, 0.05) is 16.3 Å². The Balaban J connectivity index is 0.00000119. The van der Waals surface area contributed by atoms with Gasteiger partial charge < -0.3 is 4.42 Å². The molecule has 0 amide bonds. The van der Waals surface area contributed by atoms with Crippen LogP contribution in [-0.4, -0.2) is 0 Å². The van der Waals surface area contributed by atoms with E-state index in [1.54, 1.807) is 6.08 Å². The zero-order valence-electron chi connectivity index (χ0n) is 18.4. The first kappa shape index (κ1) is 21.2. The van der Waals surface area contributed by atoms with Crippen molar-refractivity contribution in [3.05, 3.63) is 109 Å². The highest BCUT2D eigenvalue weighted by Gasteiger charge is 2.11. The topological polar surface area (TPSA) is 36.9 Å². The predicted molar refractivity (Wildman–Crippen MR) is 136 cm³/mol. The van der Waals surface area contributed by atoms with Crippen LogP contribution in [0.15, 0.2) is 108 Å². The largest absolute Gasteiger partial charge is 0.456 e. The third-order valence-corrected chi connectivity index (χ3v) is 5.55. The van der Waals surface area contributed by atoms with E-state index in [-0.39, 0.29) is 0 Å². The van der Waals surface area contributed by atoms with Crippen molar-refractivity contribution in [2.45, 2.75) is 20.3 Å². The molecular formula is C30H25NO. The molecule has 1 heterocycles. The van der Waals surface area contributed by atoms with Crippen LogP contribution in [0.4, 0.5) is 0 Å². The maximum Gasteiger partial charge on any atom is 0.136 e. The molecule has 0 fully saturated rings. The van der Waals surface area contributed by atoms with Crippen molar-refractivity contribution < 1.29 is 4.42 Å². The number of benzene rings is 4. The predicted octanol–water partition coefficient (Wildman–Crippen LogP) is 8.61. The van der Waals surface area contributed by atoms with Gasteiger partial charge in [-0.2, -0.15) is 5.26 Å². The Morgan fingerprint density at radius 3 is 2.34 bits per heavy atom. The van der Waals surface area contributed by atoms with Gasteiger partial charge in [0.2, 0.25) is 0 Å². The van der Waals surface area contributed by atoms with Gasteiger partial charge >= 0.3 is 0 Å². The van der Waals surface area contributed by atoms with Crippen LogP contribution in [0.3, 0.4) is 0 Å². The molecule has 32 heavy (non-hydrogen) atoms. The van der Waals surface area contributed by atoms with Gasteiger partial charge in [-0.05, 0) is 52.1 Å². The van der Waals surface area contributed by atoms with Crippen LogP contribution < -0.4 is 0 Å². The molecule has 0 aliphatic rings. The van der Waals surface area contributed by atoms with Gasteiger partial charge in [0.15, 0.2) is 0 Å². The van der Waals surface area contributed by atoms with Crippen LogP contribution >= 0.6 is 0 Å². The summed E-state index contributed by atoms with van der Waals surface area (Å²) in [5.41, 5.74) is 5.89. The molecule has 0 atom stereocenters. The van der Waals surface area contributed by atoms with Gasteiger partial charge in [-0.25, -0.2) is 0 Å². The Hall–Kier alpha value is -4.09. The number of nitrogens with zero attached hydrogens (tertiary/aromatic N) is 1. The first-order valence-corrected chi connectivity index (χ1v) is 10.9. The maximum absolute atomic E-state index is 9.01. The van der Waals surface area contributed by atoms with Crippen molar-refractivity contribution in [2.75, 3.05) is 0 Å². The molecule has 0 unspecified atom stereocenters. The summed E-state index contributed by atoms with van der Waals surface area (Å²) in [4.78, 5) is 0. The molecule has 0 aliphatic carbocycles. The minimum atomic E-state index is 0.601. The number of nitriles is 1. The normalized spacial score (nSPS) is 11.2. The standard InChI is InChI=1S/C28H19NO.C2H6/c1-2-19(18-29)7-8-20-9-11-21(12-10-20)23-14-15-26-25(17-23)28-24-6-4-3-5-22(24)13-16-27(28)30-26;1-2/h2-7,9-17H,1,8H2;1-2H3/b19-7+;. The Morgan fingerprint density at radius 2 is 1.59 bits per heavy atom. The molecule has 5 aromatic rings. The van der Waals surface area contributed by atoms with Gasteiger partial charge in [0.1, 0.15) is 11.2 Å². The Kier molecular flexibility index (Phi) is 6.19. The van der Waals surface area contributed by atoms with E-state index in [1.165, 1.54) is 16.2 Å². The molecule has 0 bridgehead atoms. The van der Waals surface area contributed by atoms with Gasteiger partial charge in [-0.15, -0.1) is 0 Å². The second kappa shape index (κ2) is 9.37. The average molecular weight is 416 g/mol. The molecule has 0 radical (unpaired) electrons. The number of fused-ring (bicyclic) bond motifs is 5. The van der Waals surface area contributed by atoms with Crippen molar-refractivity contribution in [1.82, 2.24) is 0 Å². The molecule has 1 aromatic heterocycles. The third-order valence-electron chi connectivity index (χ3n) is 5.55. The highest BCUT2D eigenvalue weighted by atomic mass is 16.3. The van der Waals surface area contributed by atoms with Gasteiger partial charge in [-0.3, -0.25) is 0 Å². The smallest absolute Gasteiger partial charge is 0.136 e. The Bertz CT molecular complexity index is 1480. The second-order valence-corrected chi connectivity index (χ2v) is 7.35. The van der Waals surface area contributed by atoms with E-state index in [1.807, 2.05) is 19.9 Å². The molecule has 4 aromatic carbocycles. The molecular weight excluding hydrogens is 390 g/mol. The zero-order valence-corrected chi connectivity index (χ0v) is 18.4. The lowest BCUT2D eigenvalue weighted by Gasteiger charge is -2.04. The van der Waals surface area contributed by atoms with Crippen molar-refractivity contribution in [3.63, 3.8) is 0 Å². The molecule has 0 aliphatic heterocycles. The van der Waals surface area contributed by atoms with E-state index < -0.39 is 0 Å². The zero-order chi connectivity index (χ0) is 22.5.